The number of nitrogens with zero attached hydrogens (tertiary/aromatic N) is 3. The Bertz CT molecular complexity index is 814. The maximum absolute atomic E-state index is 12.8. The van der Waals surface area contributed by atoms with Crippen molar-refractivity contribution in [1.29, 1.82) is 0 Å². The molecular formula is C22H27N4O2+. The molecule has 146 valence electrons. The summed E-state index contributed by atoms with van der Waals surface area (Å²) >= 11 is 0. The molecule has 0 radical (unpaired) electrons. The molecular weight excluding hydrogens is 352 g/mol. The van der Waals surface area contributed by atoms with E-state index in [-0.39, 0.29) is 11.8 Å². The van der Waals surface area contributed by atoms with Gasteiger partial charge in [-0.15, -0.1) is 0 Å². The highest BCUT2D eigenvalue weighted by molar-refractivity contribution is 5.94. The van der Waals surface area contributed by atoms with Crippen LogP contribution in [0, 0.1) is 0 Å². The van der Waals surface area contributed by atoms with Crippen LogP contribution >= 0.6 is 0 Å². The van der Waals surface area contributed by atoms with Gasteiger partial charge in [0.2, 0.25) is 5.91 Å². The normalized spacial score (nSPS) is 17.9. The predicted molar refractivity (Wildman–Crippen MR) is 106 cm³/mol. The van der Waals surface area contributed by atoms with Crippen molar-refractivity contribution in [3.05, 3.63) is 65.5 Å². The van der Waals surface area contributed by atoms with E-state index in [2.05, 4.69) is 17.1 Å². The number of likely N-dealkylation sites (tertiary alicyclic amines) is 1. The lowest BCUT2D eigenvalue weighted by Crippen LogP contribution is -3.13. The minimum Gasteiger partial charge on any atom is -0.338 e. The Hall–Kier alpha value is -2.73. The lowest BCUT2D eigenvalue weighted by Gasteiger charge is -2.32. The molecule has 28 heavy (non-hydrogen) atoms. The van der Waals surface area contributed by atoms with E-state index in [1.807, 2.05) is 46.5 Å². The molecule has 0 unspecified atom stereocenters. The highest BCUT2D eigenvalue weighted by Gasteiger charge is 2.25. The van der Waals surface area contributed by atoms with Crippen LogP contribution in [0.25, 0.3) is 0 Å². The Labute approximate surface area is 165 Å². The molecule has 3 heterocycles. The molecule has 1 aromatic carbocycles. The zero-order chi connectivity index (χ0) is 19.3. The molecule has 6 nitrogen and oxygen atoms in total. The highest BCUT2D eigenvalue weighted by atomic mass is 16.2. The van der Waals surface area contributed by atoms with Gasteiger partial charge in [0.05, 0.1) is 26.2 Å². The van der Waals surface area contributed by atoms with Crippen molar-refractivity contribution in [3.8, 4) is 0 Å². The van der Waals surface area contributed by atoms with E-state index in [4.69, 9.17) is 0 Å². The van der Waals surface area contributed by atoms with Gasteiger partial charge in [-0.25, -0.2) is 0 Å². The fourth-order valence-electron chi connectivity index (χ4n) is 4.02. The second kappa shape index (κ2) is 8.52. The largest absolute Gasteiger partial charge is 0.338 e. The summed E-state index contributed by atoms with van der Waals surface area (Å²) in [4.78, 5) is 34.0. The van der Waals surface area contributed by atoms with Crippen molar-refractivity contribution in [2.24, 2.45) is 0 Å². The number of aromatic nitrogens is 1. The minimum absolute atomic E-state index is 0.103. The molecule has 0 bridgehead atoms. The number of pyridine rings is 1. The van der Waals surface area contributed by atoms with Crippen LogP contribution in [0.5, 0.6) is 0 Å². The number of piperazine rings is 1. The van der Waals surface area contributed by atoms with Gasteiger partial charge in [0.15, 0.2) is 0 Å². The third-order valence-electron chi connectivity index (χ3n) is 5.71. The summed E-state index contributed by atoms with van der Waals surface area (Å²) < 4.78 is 0. The number of hydrogen-bond donors (Lipinski definition) is 1. The van der Waals surface area contributed by atoms with E-state index in [9.17, 15) is 9.59 Å². The Balaban J connectivity index is 1.29. The first-order chi connectivity index (χ1) is 13.7. The number of rotatable bonds is 5. The summed E-state index contributed by atoms with van der Waals surface area (Å²) in [5.74, 6) is 0.332. The maximum atomic E-state index is 12.8. The average molecular weight is 379 g/mol. The maximum Gasteiger partial charge on any atom is 0.254 e. The SMILES string of the molecule is O=C1CCCN1Cc1ccc(C(=O)N2CC[NH+](Cc3ccncc3)CC2)cc1. The number of nitrogens with one attached hydrogen (secondary N) is 1. The third-order valence-corrected chi connectivity index (χ3v) is 5.71. The van der Waals surface area contributed by atoms with Gasteiger partial charge in [-0.2, -0.15) is 0 Å². The summed E-state index contributed by atoms with van der Waals surface area (Å²) in [5, 5.41) is 0. The first-order valence-corrected chi connectivity index (χ1v) is 10.1. The van der Waals surface area contributed by atoms with Gasteiger partial charge >= 0.3 is 0 Å². The average Bonchev–Trinajstić information content (AvgIpc) is 3.14. The van der Waals surface area contributed by atoms with Gasteiger partial charge in [-0.3, -0.25) is 14.6 Å². The van der Waals surface area contributed by atoms with Gasteiger partial charge in [-0.1, -0.05) is 12.1 Å². The number of carbonyl (C=O) groups is 2. The smallest absolute Gasteiger partial charge is 0.254 e. The molecule has 2 amide bonds. The van der Waals surface area contributed by atoms with Crippen LogP contribution in [0.1, 0.15) is 34.3 Å². The van der Waals surface area contributed by atoms with E-state index >= 15 is 0 Å². The van der Waals surface area contributed by atoms with Crippen molar-refractivity contribution in [3.63, 3.8) is 0 Å². The van der Waals surface area contributed by atoms with Gasteiger partial charge in [0.1, 0.15) is 6.54 Å². The van der Waals surface area contributed by atoms with Crippen LogP contribution in [-0.2, 0) is 17.9 Å². The molecule has 4 rings (SSSR count). The van der Waals surface area contributed by atoms with Crippen LogP contribution in [0.3, 0.4) is 0 Å². The van der Waals surface area contributed by atoms with Gasteiger partial charge in [-0.05, 0) is 36.2 Å². The molecule has 2 fully saturated rings. The van der Waals surface area contributed by atoms with Crippen LogP contribution in [0.2, 0.25) is 0 Å². The van der Waals surface area contributed by atoms with E-state index in [1.165, 1.54) is 10.5 Å². The number of carbonyl (C=O) groups excluding carboxylic acids is 2. The fourth-order valence-corrected chi connectivity index (χ4v) is 4.02. The van der Waals surface area contributed by atoms with E-state index in [1.54, 1.807) is 0 Å². The van der Waals surface area contributed by atoms with Crippen molar-refractivity contribution in [2.45, 2.75) is 25.9 Å². The number of hydrogen-bond acceptors (Lipinski definition) is 3. The van der Waals surface area contributed by atoms with Crippen LogP contribution in [-0.4, -0.2) is 59.3 Å². The molecule has 2 aliphatic heterocycles. The molecule has 0 spiro atoms. The van der Waals surface area contributed by atoms with Crippen molar-refractivity contribution in [2.75, 3.05) is 32.7 Å². The number of quaternary nitrogens is 1. The molecule has 0 atom stereocenters. The molecule has 1 N–H and O–H groups in total. The van der Waals surface area contributed by atoms with Crippen LogP contribution < -0.4 is 4.90 Å². The van der Waals surface area contributed by atoms with E-state index in [0.29, 0.717) is 13.0 Å². The zero-order valence-corrected chi connectivity index (χ0v) is 16.1. The molecule has 0 saturated carbocycles. The van der Waals surface area contributed by atoms with Crippen LogP contribution in [0.4, 0.5) is 0 Å². The molecule has 2 saturated heterocycles. The summed E-state index contributed by atoms with van der Waals surface area (Å²) in [6, 6.07) is 11.9. The fraction of sp³-hybridized carbons (Fsp3) is 0.409. The lowest BCUT2D eigenvalue weighted by molar-refractivity contribution is -0.917. The summed E-state index contributed by atoms with van der Waals surface area (Å²) in [5.41, 5.74) is 3.10. The first kappa shape index (κ1) is 18.6. The van der Waals surface area contributed by atoms with Crippen molar-refractivity contribution >= 4 is 11.8 Å². The van der Waals surface area contributed by atoms with Gasteiger partial charge in [0, 0.05) is 43.0 Å². The Morgan fingerprint density at radius 1 is 0.964 bits per heavy atom. The monoisotopic (exact) mass is 379 g/mol. The summed E-state index contributed by atoms with van der Waals surface area (Å²) in [7, 11) is 0. The van der Waals surface area contributed by atoms with Crippen LogP contribution in [0.15, 0.2) is 48.8 Å². The first-order valence-electron chi connectivity index (χ1n) is 10.1. The number of amides is 2. The van der Waals surface area contributed by atoms with Gasteiger partial charge < -0.3 is 14.7 Å². The highest BCUT2D eigenvalue weighted by Crippen LogP contribution is 2.15. The molecule has 6 heteroatoms. The van der Waals surface area contributed by atoms with Gasteiger partial charge in [0.25, 0.3) is 5.91 Å². The summed E-state index contributed by atoms with van der Waals surface area (Å²) in [6.45, 7) is 5.95. The second-order valence-corrected chi connectivity index (χ2v) is 7.69. The molecule has 2 aromatic rings. The van der Waals surface area contributed by atoms with Crippen molar-refractivity contribution in [1.82, 2.24) is 14.8 Å². The Kier molecular flexibility index (Phi) is 5.67. The zero-order valence-electron chi connectivity index (χ0n) is 16.1. The Morgan fingerprint density at radius 2 is 1.68 bits per heavy atom. The summed E-state index contributed by atoms with van der Waals surface area (Å²) in [6.07, 6.45) is 5.27. The standard InChI is InChI=1S/C22H26N4O2/c27-21-2-1-11-26(21)17-18-3-5-20(6-4-18)22(28)25-14-12-24(13-15-25)16-19-7-9-23-10-8-19/h3-10H,1-2,11-17H2/p+1. The molecule has 1 aromatic heterocycles. The number of benzene rings is 1. The quantitative estimate of drug-likeness (QED) is 0.834. The third kappa shape index (κ3) is 4.39. The topological polar surface area (TPSA) is 58.0 Å². The Morgan fingerprint density at radius 3 is 2.32 bits per heavy atom. The van der Waals surface area contributed by atoms with Crippen molar-refractivity contribution < 1.29 is 14.5 Å². The molecule has 0 aliphatic carbocycles. The van der Waals surface area contributed by atoms with E-state index in [0.717, 1.165) is 56.8 Å². The van der Waals surface area contributed by atoms with E-state index < -0.39 is 0 Å². The minimum atomic E-state index is 0.103. The second-order valence-electron chi connectivity index (χ2n) is 7.69. The lowest BCUT2D eigenvalue weighted by atomic mass is 10.1. The molecule has 2 aliphatic rings. The predicted octanol–water partition coefficient (Wildman–Crippen LogP) is 0.745.